The van der Waals surface area contributed by atoms with Crippen LogP contribution in [0.2, 0.25) is 40.2 Å². The fourth-order valence-electron chi connectivity index (χ4n) is 18.1. The molecule has 10 heterocycles. The van der Waals surface area contributed by atoms with E-state index in [1.165, 1.54) is 29.5 Å². The highest BCUT2D eigenvalue weighted by Gasteiger charge is 2.44. The molecular weight excluding hydrogens is 2160 g/mol. The summed E-state index contributed by atoms with van der Waals surface area (Å²) >= 11 is 49.4. The van der Waals surface area contributed by atoms with Crippen molar-refractivity contribution in [3.8, 4) is 17.2 Å². The molecule has 4 atom stereocenters. The van der Waals surface area contributed by atoms with Crippen molar-refractivity contribution >= 4 is 170 Å². The number of Topliss-reactive ketones (excluding diaryl/α,β-unsaturated/α-hetero) is 4. The van der Waals surface area contributed by atoms with Gasteiger partial charge in [0.05, 0.1) is 113 Å². The zero-order valence-corrected chi connectivity index (χ0v) is 90.3. The van der Waals surface area contributed by atoms with Gasteiger partial charge in [0.1, 0.15) is 34.3 Å². The Hall–Kier alpha value is -10.5. The number of rotatable bonds is 31. The number of ketones is 4. The number of hydrogen-bond donors (Lipinski definition) is 8. The average molecular weight is 2270 g/mol. The van der Waals surface area contributed by atoms with Gasteiger partial charge >= 0.3 is 23.2 Å². The summed E-state index contributed by atoms with van der Waals surface area (Å²) in [6.07, 6.45) is 15.1. The molecule has 12 aromatic rings. The third-order valence-corrected chi connectivity index (χ3v) is 36.2. The van der Waals surface area contributed by atoms with E-state index >= 15 is 0 Å². The van der Waals surface area contributed by atoms with Crippen molar-refractivity contribution in [1.82, 2.24) is 81.0 Å². The number of carbonyl (C=O) groups is 8. The number of H-pyrrole nitrogens is 3. The van der Waals surface area contributed by atoms with Crippen LogP contribution in [0.5, 0.6) is 17.2 Å². The molecule has 4 fully saturated rings. The molecule has 1 aliphatic carbocycles. The Morgan fingerprint density at radius 3 is 1.27 bits per heavy atom. The summed E-state index contributed by atoms with van der Waals surface area (Å²) in [6, 6.07) is 50.5. The smallest absolute Gasteiger partial charge is 0.422 e. The lowest BCUT2D eigenvalue weighted by Gasteiger charge is -2.37. The second-order valence-electron chi connectivity index (χ2n) is 36.7. The number of likely N-dealkylation sites (tertiary alicyclic amines) is 1. The van der Waals surface area contributed by atoms with Crippen LogP contribution in [0.4, 0.5) is 0 Å². The number of phosphoric acid groups is 1. The van der Waals surface area contributed by atoms with Crippen LogP contribution in [0, 0.1) is 0 Å². The molecule has 0 spiro atoms. The number of fused-ring (bicyclic) bond motifs is 3. The fourth-order valence-corrected chi connectivity index (χ4v) is 28.0. The maximum atomic E-state index is 13.8. The van der Waals surface area contributed by atoms with Gasteiger partial charge in [-0.2, -0.15) is 25.1 Å². The number of hydrogen-bond acceptors (Lipinski definition) is 24. The van der Waals surface area contributed by atoms with Gasteiger partial charge in [0.15, 0.2) is 35.6 Å². The van der Waals surface area contributed by atoms with Crippen LogP contribution in [0.15, 0.2) is 201 Å². The standard InChI is InChI=1S/C26H30Cl2N5O4P.C26H27Cl2N4O4P.C26H26Cl2N3O6P.C24H23Cl2N4O5P/c1-17(2)32-38(36,37-20-7-4-3-5-8-20)33-13-11-19(12-14-33)30-26(35)25-18(16-29-31-25)15-23(34)24-21(27)9-6-10-22(24)28;27-21-6-3-7-22(28)24(21)23(33)12-19-13-29-31-25(19)26(34)30-20-8-10-32(11-9-20)16-37(35)15-18-5-2-1-4-17(18)14-36-37;27-20-10-6-11-21(28)24(20)22(32)13-18-14-31(30-25(18)26(33)29-19-8-2-1-3-9-19)16-36-38(34)35-15-17-7-4-5-12-23(17)37-38;25-18-5-3-6-19(26)22(18)20(31)12-16-13-27-29-23(16)24(32)28-17-8-10-30(11-9-17)36(33)34-14-15-4-1-2-7-21(15)35-36/h3-10,16-17,19H,11-15H2,1-2H3,(H,29,31)(H,30,35)(H,32,36);1-7,13,20H,8-12,14-16H2,(H,29,31)(H,30,34);4-7,10-12,14,19H,1-3,8-9,13,15-16H2,(H,29,33);1-7,13,17H,8-12,14H2,(H,27,29)(H,28,32). The van der Waals surface area contributed by atoms with Crippen LogP contribution < -0.4 is 39.9 Å². The van der Waals surface area contributed by atoms with Crippen molar-refractivity contribution in [1.29, 1.82) is 0 Å². The number of piperidine rings is 3. The van der Waals surface area contributed by atoms with Crippen molar-refractivity contribution in [2.75, 3.05) is 45.6 Å². The van der Waals surface area contributed by atoms with Crippen molar-refractivity contribution in [3.63, 3.8) is 0 Å². The lowest BCUT2D eigenvalue weighted by Crippen LogP contribution is -2.46. The van der Waals surface area contributed by atoms with Gasteiger partial charge in [-0.3, -0.25) is 76.7 Å². The lowest BCUT2D eigenvalue weighted by molar-refractivity contribution is 0.0899. The minimum Gasteiger partial charge on any atom is -0.422 e. The SMILES string of the molecule is CC(C)NP(=O)(Oc1ccccc1)N1CCC(NC(=O)c2[nH]ncc2CC(=O)c2c(Cl)cccc2Cl)CC1.O=C(NC1CCCCC1)c1nn(COP2(=O)OCc3ccccc3O2)cc1CC(=O)c1c(Cl)cccc1Cl.O=C(NC1CCN(CP2(=O)Cc3ccccc3CO2)CC1)c1[nH]ncc1CC(=O)c1c(Cl)cccc1Cl.O=C(NC1CCN(P2(=O)OCc3ccccc3O2)CC1)c1[nH]ncc1CC(=O)c1c(Cl)cccc1Cl. The minimum atomic E-state index is -3.92. The second kappa shape index (κ2) is 50.8. The van der Waals surface area contributed by atoms with E-state index in [0.29, 0.717) is 124 Å². The third kappa shape index (κ3) is 28.7. The highest BCUT2D eigenvalue weighted by Crippen LogP contribution is 2.59. The van der Waals surface area contributed by atoms with Crippen molar-refractivity contribution < 1.29 is 88.3 Å². The topological polar surface area (TPSA) is 443 Å². The van der Waals surface area contributed by atoms with Gasteiger partial charge in [-0.1, -0.05) is 215 Å². The van der Waals surface area contributed by atoms with Gasteiger partial charge < -0.3 is 39.4 Å². The van der Waals surface area contributed by atoms with Gasteiger partial charge in [0.25, 0.3) is 23.6 Å². The van der Waals surface area contributed by atoms with Crippen molar-refractivity contribution in [3.05, 3.63) is 330 Å². The molecule has 4 aromatic heterocycles. The number of aromatic amines is 3. The van der Waals surface area contributed by atoms with Crippen LogP contribution in [0.3, 0.4) is 0 Å². The van der Waals surface area contributed by atoms with Crippen LogP contribution in [-0.4, -0.2) is 177 Å². The quantitative estimate of drug-likeness (QED) is 0.0148. The minimum absolute atomic E-state index is 0.0393. The number of halogens is 8. The summed E-state index contributed by atoms with van der Waals surface area (Å²) in [5, 5.41) is 41.5. The van der Waals surface area contributed by atoms with Crippen molar-refractivity contribution in [2.24, 2.45) is 0 Å². The van der Waals surface area contributed by atoms with E-state index in [0.717, 1.165) is 67.2 Å². The molecule has 47 heteroatoms. The Balaban J connectivity index is 0.000000142. The Morgan fingerprint density at radius 2 is 0.812 bits per heavy atom. The summed E-state index contributed by atoms with van der Waals surface area (Å²) in [5.41, 5.74) is 7.11. The Kier molecular flexibility index (Phi) is 37.9. The van der Waals surface area contributed by atoms with E-state index in [1.54, 1.807) is 114 Å². The van der Waals surface area contributed by atoms with Gasteiger partial charge in [-0.15, -0.1) is 0 Å². The van der Waals surface area contributed by atoms with E-state index in [2.05, 4.69) is 66.9 Å². The van der Waals surface area contributed by atoms with Crippen molar-refractivity contribution in [2.45, 2.75) is 173 Å². The number of nitrogens with one attached hydrogen (secondary N) is 8. The van der Waals surface area contributed by atoms with Gasteiger partial charge in [0, 0.05) is 135 Å². The molecule has 7 aliphatic rings. The molecule has 4 amide bonds. The molecule has 1 saturated carbocycles. The monoisotopic (exact) mass is 2260 g/mol. The van der Waals surface area contributed by atoms with Crippen LogP contribution in [-0.2, 0) is 94.8 Å². The predicted octanol–water partition coefficient (Wildman–Crippen LogP) is 22.2. The van der Waals surface area contributed by atoms with E-state index in [4.69, 9.17) is 124 Å². The Morgan fingerprint density at radius 1 is 0.430 bits per heavy atom. The highest BCUT2D eigenvalue weighted by molar-refractivity contribution is 7.58. The first-order valence-corrected chi connectivity index (χ1v) is 57.8. The molecule has 4 unspecified atom stereocenters. The number of benzene rings is 8. The Labute approximate surface area is 899 Å². The number of nitrogens with zero attached hydrogens (tertiary/aromatic N) is 8. The van der Waals surface area contributed by atoms with E-state index in [9.17, 15) is 56.6 Å². The van der Waals surface area contributed by atoms with Gasteiger partial charge in [0.2, 0.25) is 7.37 Å². The van der Waals surface area contributed by atoms with Crippen LogP contribution in [0.25, 0.3) is 0 Å². The summed E-state index contributed by atoms with van der Waals surface area (Å²) in [4.78, 5) is 106. The summed E-state index contributed by atoms with van der Waals surface area (Å²) in [5.74, 6) is -1.21. The average Bonchev–Trinajstić information content (AvgIpc) is 1.78. The molecule has 6 aliphatic heterocycles. The first-order chi connectivity index (χ1) is 71.6. The number of amides is 4. The fraction of sp³-hybridized carbons (Fsp3) is 0.333. The van der Waals surface area contributed by atoms with E-state index in [1.807, 2.05) is 85.2 Å². The number of carbonyl (C=O) groups excluding carboxylic acids is 8. The third-order valence-electron chi connectivity index (χ3n) is 25.7. The molecule has 784 valence electrons. The first kappa shape index (κ1) is 111. The highest BCUT2D eigenvalue weighted by atomic mass is 35.5. The predicted molar refractivity (Wildman–Crippen MR) is 567 cm³/mol. The molecular formula is C102H106Cl8N16O19P4. The summed E-state index contributed by atoms with van der Waals surface area (Å²) < 4.78 is 97.8. The molecule has 19 rings (SSSR count). The van der Waals surface area contributed by atoms with Crippen LogP contribution >= 0.6 is 123 Å². The molecule has 0 bridgehead atoms. The molecule has 0 radical (unpaired) electrons. The maximum absolute atomic E-state index is 13.8. The summed E-state index contributed by atoms with van der Waals surface area (Å²) in [7, 11) is -13.5. The number of para-hydroxylation sites is 3. The van der Waals surface area contributed by atoms with Gasteiger partial charge in [-0.05, 0) is 149 Å². The normalized spacial score (nSPS) is 19.1. The maximum Gasteiger partial charge on any atom is 0.532 e. The zero-order valence-electron chi connectivity index (χ0n) is 80.7. The van der Waals surface area contributed by atoms with Crippen LogP contribution in [0.1, 0.15) is 212 Å². The number of phosphoric ester groups is 1. The largest absolute Gasteiger partial charge is 0.532 e. The first-order valence-electron chi connectivity index (χ1n) is 48.2. The van der Waals surface area contributed by atoms with E-state index < -0.39 is 36.5 Å². The molecule has 8 aromatic carbocycles. The summed E-state index contributed by atoms with van der Waals surface area (Å²) in [6.45, 7) is 7.40. The van der Waals surface area contributed by atoms with E-state index in [-0.39, 0.29) is 202 Å². The molecule has 149 heavy (non-hydrogen) atoms. The zero-order chi connectivity index (χ0) is 105. The lowest BCUT2D eigenvalue weighted by atomic mass is 9.95. The molecule has 8 N–H and O–H groups in total. The molecule has 3 saturated heterocycles. The number of aromatic nitrogens is 8. The second-order valence-corrected chi connectivity index (χ2v) is 48.0. The Bertz CT molecular complexity index is 7030. The molecule has 35 nitrogen and oxygen atoms in total. The van der Waals surface area contributed by atoms with Gasteiger partial charge in [-0.25, -0.2) is 28.1 Å².